The van der Waals surface area contributed by atoms with Crippen LogP contribution in [-0.2, 0) is 0 Å². The Morgan fingerprint density at radius 3 is 2.50 bits per heavy atom. The third-order valence-corrected chi connectivity index (χ3v) is 1.39. The van der Waals surface area contributed by atoms with Crippen LogP contribution in [0.3, 0.4) is 0 Å². The van der Waals surface area contributed by atoms with E-state index < -0.39 is 5.83 Å². The molecule has 0 saturated heterocycles. The number of allylic oxidation sites excluding steroid dienone is 1. The van der Waals surface area contributed by atoms with Crippen LogP contribution < -0.4 is 0 Å². The van der Waals surface area contributed by atoms with Crippen molar-refractivity contribution in [1.29, 1.82) is 0 Å². The number of unbranched alkanes of at least 4 members (excludes halogenated alkanes) is 3. The first-order valence-corrected chi connectivity index (χ1v) is 3.76. The predicted octanol–water partition coefficient (Wildman–Crippen LogP) is 3.74. The molecular weight excluding hydrogens is 134 g/mol. The third-order valence-electron chi connectivity index (χ3n) is 1.39. The van der Waals surface area contributed by atoms with Gasteiger partial charge in [0.05, 0.1) is 0 Å². The van der Waals surface area contributed by atoms with E-state index in [4.69, 9.17) is 0 Å². The molecule has 0 aromatic heterocycles. The fourth-order valence-corrected chi connectivity index (χ4v) is 0.775. The molecule has 2 heteroatoms. The molecule has 0 saturated carbocycles. The Morgan fingerprint density at radius 1 is 1.30 bits per heavy atom. The van der Waals surface area contributed by atoms with Crippen molar-refractivity contribution in [2.24, 2.45) is 0 Å². The van der Waals surface area contributed by atoms with Crippen LogP contribution in [0.1, 0.15) is 39.0 Å². The molecule has 0 nitrogen and oxygen atoms in total. The maximum atomic E-state index is 12.0. The Kier molecular flexibility index (Phi) is 6.45. The van der Waals surface area contributed by atoms with Crippen molar-refractivity contribution in [2.75, 3.05) is 0 Å². The Hall–Kier alpha value is -0.400. The van der Waals surface area contributed by atoms with Gasteiger partial charge in [0.25, 0.3) is 0 Å². The molecule has 60 valence electrons. The molecule has 0 aliphatic heterocycles. The van der Waals surface area contributed by atoms with Crippen LogP contribution in [0.15, 0.2) is 12.2 Å². The minimum absolute atomic E-state index is 0.0476. The summed E-state index contributed by atoms with van der Waals surface area (Å²) < 4.78 is 23.4. The van der Waals surface area contributed by atoms with Crippen molar-refractivity contribution in [2.45, 2.75) is 39.0 Å². The summed E-state index contributed by atoms with van der Waals surface area (Å²) in [6.45, 7) is 2.08. The van der Waals surface area contributed by atoms with Gasteiger partial charge in [-0.3, -0.25) is 0 Å². The van der Waals surface area contributed by atoms with Gasteiger partial charge in [0.15, 0.2) is 0 Å². The zero-order valence-corrected chi connectivity index (χ0v) is 6.37. The van der Waals surface area contributed by atoms with Gasteiger partial charge in [0, 0.05) is 6.42 Å². The lowest BCUT2D eigenvalue weighted by Crippen LogP contribution is -1.77. The topological polar surface area (TPSA) is 0 Å². The zero-order chi connectivity index (χ0) is 7.82. The van der Waals surface area contributed by atoms with E-state index in [1.165, 1.54) is 0 Å². The fraction of sp³-hybridized carbons (Fsp3) is 0.750. The van der Waals surface area contributed by atoms with Gasteiger partial charge in [-0.2, -0.15) is 0 Å². The summed E-state index contributed by atoms with van der Waals surface area (Å²) in [5.41, 5.74) is 0. The van der Waals surface area contributed by atoms with Gasteiger partial charge in [-0.05, 0) is 6.42 Å². The predicted molar refractivity (Wildman–Crippen MR) is 39.1 cm³/mol. The van der Waals surface area contributed by atoms with E-state index in [-0.39, 0.29) is 12.8 Å². The summed E-state index contributed by atoms with van der Waals surface area (Å²) in [5, 5.41) is 0. The molecule has 0 unspecified atom stereocenters. The molecule has 0 aromatic carbocycles. The molecule has 0 radical (unpaired) electrons. The van der Waals surface area contributed by atoms with Crippen molar-refractivity contribution in [3.05, 3.63) is 12.2 Å². The molecule has 0 rings (SSSR count). The minimum Gasteiger partial charge on any atom is -0.213 e. The molecule has 0 bridgehead atoms. The molecule has 0 fully saturated rings. The summed E-state index contributed by atoms with van der Waals surface area (Å²) in [6.07, 6.45) is 4.31. The molecule has 0 spiro atoms. The van der Waals surface area contributed by atoms with Gasteiger partial charge in [0.1, 0.15) is 12.2 Å². The Bertz CT molecular complexity index is 97.4. The van der Waals surface area contributed by atoms with Crippen molar-refractivity contribution < 1.29 is 8.78 Å². The van der Waals surface area contributed by atoms with Gasteiger partial charge >= 0.3 is 0 Å². The normalized spacial score (nSPS) is 12.1. The van der Waals surface area contributed by atoms with Crippen molar-refractivity contribution in [3.8, 4) is 0 Å². The van der Waals surface area contributed by atoms with E-state index in [2.05, 4.69) is 6.92 Å². The number of rotatable bonds is 5. The highest BCUT2D eigenvalue weighted by Gasteiger charge is 1.93. The standard InChI is InChI=1S/C8H14F2/c1-2-3-4-5-6-8(10)7-9/h7H,2-6H2,1H3/b8-7-. The molecule has 0 heterocycles. The van der Waals surface area contributed by atoms with Crippen LogP contribution in [0, 0.1) is 0 Å². The average molecular weight is 148 g/mol. The number of halogens is 2. The average Bonchev–Trinajstić information content (AvgIpc) is 1.98. The molecular formula is C8H14F2. The summed E-state index contributed by atoms with van der Waals surface area (Å²) in [7, 11) is 0. The van der Waals surface area contributed by atoms with Gasteiger partial charge in [-0.25, -0.2) is 8.78 Å². The highest BCUT2D eigenvalue weighted by Crippen LogP contribution is 2.10. The van der Waals surface area contributed by atoms with Crippen LogP contribution in [0.2, 0.25) is 0 Å². The Balaban J connectivity index is 3.04. The zero-order valence-electron chi connectivity index (χ0n) is 6.37. The van der Waals surface area contributed by atoms with E-state index in [0.717, 1.165) is 25.7 Å². The molecule has 0 aliphatic carbocycles. The highest BCUT2D eigenvalue weighted by atomic mass is 19.2. The lowest BCUT2D eigenvalue weighted by Gasteiger charge is -1.94. The maximum absolute atomic E-state index is 12.0. The Morgan fingerprint density at radius 2 is 2.00 bits per heavy atom. The smallest absolute Gasteiger partial charge is 0.128 e. The van der Waals surface area contributed by atoms with E-state index >= 15 is 0 Å². The third kappa shape index (κ3) is 5.73. The van der Waals surface area contributed by atoms with E-state index in [1.807, 2.05) is 0 Å². The van der Waals surface area contributed by atoms with Gasteiger partial charge in [-0.15, -0.1) is 0 Å². The second-order valence-corrected chi connectivity index (χ2v) is 2.37. The molecule has 10 heavy (non-hydrogen) atoms. The van der Waals surface area contributed by atoms with Crippen LogP contribution in [0.5, 0.6) is 0 Å². The minimum atomic E-state index is -0.629. The second kappa shape index (κ2) is 6.72. The molecule has 0 aliphatic rings. The summed E-state index contributed by atoms with van der Waals surface area (Å²) >= 11 is 0. The van der Waals surface area contributed by atoms with Crippen molar-refractivity contribution >= 4 is 0 Å². The maximum Gasteiger partial charge on any atom is 0.128 e. The van der Waals surface area contributed by atoms with Crippen LogP contribution in [0.25, 0.3) is 0 Å². The first kappa shape index (κ1) is 9.60. The van der Waals surface area contributed by atoms with Gasteiger partial charge in [0.2, 0.25) is 0 Å². The van der Waals surface area contributed by atoms with Crippen LogP contribution >= 0.6 is 0 Å². The first-order chi connectivity index (χ1) is 4.81. The van der Waals surface area contributed by atoms with Crippen molar-refractivity contribution in [3.63, 3.8) is 0 Å². The summed E-state index contributed by atoms with van der Waals surface area (Å²) in [5.74, 6) is -0.629. The monoisotopic (exact) mass is 148 g/mol. The van der Waals surface area contributed by atoms with Crippen molar-refractivity contribution in [1.82, 2.24) is 0 Å². The summed E-state index contributed by atoms with van der Waals surface area (Å²) in [4.78, 5) is 0. The lowest BCUT2D eigenvalue weighted by molar-refractivity contribution is 0.523. The van der Waals surface area contributed by atoms with Crippen LogP contribution in [-0.4, -0.2) is 0 Å². The summed E-state index contributed by atoms with van der Waals surface area (Å²) in [6, 6.07) is 0. The SMILES string of the molecule is CCCCCC/C(F)=C/F. The first-order valence-electron chi connectivity index (χ1n) is 3.76. The molecule has 0 atom stereocenters. The van der Waals surface area contributed by atoms with E-state index in [1.54, 1.807) is 0 Å². The Labute approximate surface area is 60.9 Å². The van der Waals surface area contributed by atoms with Crippen LogP contribution in [0.4, 0.5) is 8.78 Å². The lowest BCUT2D eigenvalue weighted by atomic mass is 10.1. The van der Waals surface area contributed by atoms with E-state index in [0.29, 0.717) is 0 Å². The van der Waals surface area contributed by atoms with Gasteiger partial charge < -0.3 is 0 Å². The highest BCUT2D eigenvalue weighted by molar-refractivity contribution is 4.83. The number of hydrogen-bond donors (Lipinski definition) is 0. The van der Waals surface area contributed by atoms with Gasteiger partial charge in [-0.1, -0.05) is 26.2 Å². The molecule has 0 aromatic rings. The van der Waals surface area contributed by atoms with E-state index in [9.17, 15) is 8.78 Å². The molecule has 0 amide bonds. The largest absolute Gasteiger partial charge is 0.213 e. The quantitative estimate of drug-likeness (QED) is 0.521. The fourth-order valence-electron chi connectivity index (χ4n) is 0.775. The molecule has 0 N–H and O–H groups in total. The second-order valence-electron chi connectivity index (χ2n) is 2.37. The number of hydrogen-bond acceptors (Lipinski definition) is 0.